The van der Waals surface area contributed by atoms with Crippen molar-refractivity contribution < 1.29 is 9.59 Å². The summed E-state index contributed by atoms with van der Waals surface area (Å²) >= 11 is 0. The molecule has 0 aliphatic carbocycles. The Morgan fingerprint density at radius 1 is 1.18 bits per heavy atom. The average Bonchev–Trinajstić information content (AvgIpc) is 3.29. The summed E-state index contributed by atoms with van der Waals surface area (Å²) in [5.41, 5.74) is 1.18. The maximum Gasteiger partial charge on any atom is 0.242 e. The van der Waals surface area contributed by atoms with Gasteiger partial charge in [-0.2, -0.15) is 0 Å². The van der Waals surface area contributed by atoms with Gasteiger partial charge in [-0.05, 0) is 24.3 Å². The Balaban J connectivity index is 1.27. The molecule has 2 amide bonds. The number of aromatic nitrogens is 3. The highest BCUT2D eigenvalue weighted by Gasteiger charge is 2.33. The van der Waals surface area contributed by atoms with E-state index < -0.39 is 0 Å². The number of carbonyl (C=O) groups is 2. The van der Waals surface area contributed by atoms with E-state index in [4.69, 9.17) is 0 Å². The zero-order valence-electron chi connectivity index (χ0n) is 16.3. The predicted octanol–water partition coefficient (Wildman–Crippen LogP) is 1.61. The molecule has 2 saturated heterocycles. The Bertz CT molecular complexity index is 826. The zero-order chi connectivity index (χ0) is 19.5. The molecule has 0 radical (unpaired) electrons. The molecule has 1 atom stereocenters. The minimum absolute atomic E-state index is 0.0687. The van der Waals surface area contributed by atoms with Crippen LogP contribution in [0.2, 0.25) is 0 Å². The van der Waals surface area contributed by atoms with E-state index in [1.54, 1.807) is 11.2 Å². The van der Waals surface area contributed by atoms with Crippen molar-refractivity contribution in [3.8, 4) is 0 Å². The summed E-state index contributed by atoms with van der Waals surface area (Å²) in [6.07, 6.45) is 5.07. The maximum absolute atomic E-state index is 12.7. The van der Waals surface area contributed by atoms with Gasteiger partial charge in [0.15, 0.2) is 0 Å². The molecule has 0 saturated carbocycles. The molecule has 2 aliphatic heterocycles. The Labute approximate surface area is 165 Å². The smallest absolute Gasteiger partial charge is 0.242 e. The van der Waals surface area contributed by atoms with Gasteiger partial charge in [0.25, 0.3) is 0 Å². The summed E-state index contributed by atoms with van der Waals surface area (Å²) in [5, 5.41) is 8.09. The predicted molar refractivity (Wildman–Crippen MR) is 104 cm³/mol. The number of rotatable bonds is 5. The lowest BCUT2D eigenvalue weighted by Gasteiger charge is -2.33. The second kappa shape index (κ2) is 8.12. The Morgan fingerprint density at radius 3 is 2.61 bits per heavy atom. The fourth-order valence-corrected chi connectivity index (χ4v) is 4.27. The second-order valence-corrected chi connectivity index (χ2v) is 7.97. The normalized spacial score (nSPS) is 20.8. The van der Waals surface area contributed by atoms with Crippen LogP contribution in [0, 0.1) is 5.92 Å². The van der Waals surface area contributed by atoms with E-state index in [0.717, 1.165) is 38.2 Å². The van der Waals surface area contributed by atoms with Crippen molar-refractivity contribution in [2.24, 2.45) is 13.0 Å². The highest BCUT2D eigenvalue weighted by atomic mass is 16.2. The molecule has 1 aromatic heterocycles. The van der Waals surface area contributed by atoms with Crippen LogP contribution in [0.3, 0.4) is 0 Å². The third-order valence-electron chi connectivity index (χ3n) is 6.06. The SMILES string of the molecule is Cn1cnnc1CC1CCN(C(=O)CN2C[C@@H](c3ccccc3)CC2=O)CC1. The molecule has 4 rings (SSSR count). The van der Waals surface area contributed by atoms with Crippen LogP contribution in [0.5, 0.6) is 0 Å². The summed E-state index contributed by atoms with van der Waals surface area (Å²) in [7, 11) is 1.96. The van der Waals surface area contributed by atoms with Crippen LogP contribution in [0.25, 0.3) is 0 Å². The maximum atomic E-state index is 12.7. The van der Waals surface area contributed by atoms with E-state index in [0.29, 0.717) is 18.9 Å². The molecule has 2 fully saturated rings. The fourth-order valence-electron chi connectivity index (χ4n) is 4.27. The number of amides is 2. The van der Waals surface area contributed by atoms with E-state index in [9.17, 15) is 9.59 Å². The van der Waals surface area contributed by atoms with Crippen molar-refractivity contribution in [3.63, 3.8) is 0 Å². The molecule has 0 N–H and O–H groups in total. The van der Waals surface area contributed by atoms with Crippen molar-refractivity contribution in [3.05, 3.63) is 48.0 Å². The van der Waals surface area contributed by atoms with Crippen LogP contribution >= 0.6 is 0 Å². The highest BCUT2D eigenvalue weighted by molar-refractivity contribution is 5.86. The zero-order valence-corrected chi connectivity index (χ0v) is 16.3. The number of benzene rings is 1. The molecule has 3 heterocycles. The van der Waals surface area contributed by atoms with Crippen molar-refractivity contribution in [2.75, 3.05) is 26.2 Å². The first-order chi connectivity index (χ1) is 13.6. The average molecular weight is 381 g/mol. The van der Waals surface area contributed by atoms with Crippen LogP contribution in [0.1, 0.15) is 36.6 Å². The topological polar surface area (TPSA) is 71.3 Å². The third kappa shape index (κ3) is 4.08. The second-order valence-electron chi connectivity index (χ2n) is 7.97. The molecule has 28 heavy (non-hydrogen) atoms. The third-order valence-corrected chi connectivity index (χ3v) is 6.06. The Kier molecular flexibility index (Phi) is 5.41. The van der Waals surface area contributed by atoms with Gasteiger partial charge in [-0.15, -0.1) is 10.2 Å². The van der Waals surface area contributed by atoms with Gasteiger partial charge < -0.3 is 14.4 Å². The van der Waals surface area contributed by atoms with Crippen molar-refractivity contribution >= 4 is 11.8 Å². The molecule has 148 valence electrons. The van der Waals surface area contributed by atoms with Crippen LogP contribution in [-0.2, 0) is 23.1 Å². The summed E-state index contributed by atoms with van der Waals surface area (Å²) in [5.74, 6) is 1.87. The molecule has 0 bridgehead atoms. The van der Waals surface area contributed by atoms with Gasteiger partial charge in [-0.25, -0.2) is 0 Å². The molecule has 2 aromatic rings. The number of aryl methyl sites for hydroxylation is 1. The van der Waals surface area contributed by atoms with E-state index in [2.05, 4.69) is 22.3 Å². The van der Waals surface area contributed by atoms with Crippen LogP contribution in [-0.4, -0.2) is 62.6 Å². The molecule has 7 nitrogen and oxygen atoms in total. The molecular formula is C21H27N5O2. The molecule has 0 unspecified atom stereocenters. The lowest BCUT2D eigenvalue weighted by molar-refractivity contribution is -0.139. The Morgan fingerprint density at radius 2 is 1.93 bits per heavy atom. The van der Waals surface area contributed by atoms with Crippen molar-refractivity contribution in [1.82, 2.24) is 24.6 Å². The van der Waals surface area contributed by atoms with Crippen molar-refractivity contribution in [1.29, 1.82) is 0 Å². The van der Waals surface area contributed by atoms with E-state index in [1.807, 2.05) is 34.7 Å². The summed E-state index contributed by atoms with van der Waals surface area (Å²) < 4.78 is 1.96. The lowest BCUT2D eigenvalue weighted by atomic mass is 9.93. The Hall–Kier alpha value is -2.70. The summed E-state index contributed by atoms with van der Waals surface area (Å²) in [6.45, 7) is 2.35. The number of carbonyl (C=O) groups excluding carboxylic acids is 2. The molecule has 1 aromatic carbocycles. The number of hydrogen-bond donors (Lipinski definition) is 0. The molecule has 7 heteroatoms. The van der Waals surface area contributed by atoms with Gasteiger partial charge in [0.1, 0.15) is 12.2 Å². The van der Waals surface area contributed by atoms with Gasteiger partial charge in [0, 0.05) is 45.4 Å². The standard InChI is InChI=1S/C21H27N5O2/c1-24-15-22-23-19(24)11-16-7-9-25(10-8-16)21(28)14-26-13-18(12-20(26)27)17-5-3-2-4-6-17/h2-6,15-16,18H,7-14H2,1H3/t18-/m0/s1. The van der Waals surface area contributed by atoms with Crippen molar-refractivity contribution in [2.45, 2.75) is 31.6 Å². The number of nitrogens with zero attached hydrogens (tertiary/aromatic N) is 5. The lowest BCUT2D eigenvalue weighted by Crippen LogP contribution is -2.44. The van der Waals surface area contributed by atoms with E-state index in [-0.39, 0.29) is 24.3 Å². The summed E-state index contributed by atoms with van der Waals surface area (Å²) in [6, 6.07) is 10.1. The monoisotopic (exact) mass is 381 g/mol. The largest absolute Gasteiger partial charge is 0.341 e. The van der Waals surface area contributed by atoms with Gasteiger partial charge in [0.2, 0.25) is 11.8 Å². The number of piperidine rings is 1. The molecule has 2 aliphatic rings. The first-order valence-corrected chi connectivity index (χ1v) is 10.0. The quantitative estimate of drug-likeness (QED) is 0.789. The van der Waals surface area contributed by atoms with Crippen LogP contribution in [0.15, 0.2) is 36.7 Å². The molecule has 0 spiro atoms. The van der Waals surface area contributed by atoms with Gasteiger partial charge in [-0.3, -0.25) is 9.59 Å². The highest BCUT2D eigenvalue weighted by Crippen LogP contribution is 2.28. The molecular weight excluding hydrogens is 354 g/mol. The fraction of sp³-hybridized carbons (Fsp3) is 0.524. The van der Waals surface area contributed by atoms with Gasteiger partial charge in [0.05, 0.1) is 6.54 Å². The van der Waals surface area contributed by atoms with E-state index >= 15 is 0 Å². The van der Waals surface area contributed by atoms with Gasteiger partial charge in [-0.1, -0.05) is 30.3 Å². The number of hydrogen-bond acceptors (Lipinski definition) is 4. The minimum atomic E-state index is 0.0687. The number of likely N-dealkylation sites (tertiary alicyclic amines) is 2. The first-order valence-electron chi connectivity index (χ1n) is 10.0. The van der Waals surface area contributed by atoms with Crippen LogP contribution < -0.4 is 0 Å². The van der Waals surface area contributed by atoms with Crippen LogP contribution in [0.4, 0.5) is 0 Å². The summed E-state index contributed by atoms with van der Waals surface area (Å²) in [4.78, 5) is 28.7. The van der Waals surface area contributed by atoms with Gasteiger partial charge >= 0.3 is 0 Å². The van der Waals surface area contributed by atoms with E-state index in [1.165, 1.54) is 5.56 Å². The minimum Gasteiger partial charge on any atom is -0.341 e. The first kappa shape index (κ1) is 18.7.